The van der Waals surface area contributed by atoms with Crippen LogP contribution < -0.4 is 10.1 Å². The second kappa shape index (κ2) is 7.93. The molecule has 1 heterocycles. The maximum Gasteiger partial charge on any atom is 0.271 e. The molecule has 25 heavy (non-hydrogen) atoms. The first-order chi connectivity index (χ1) is 11.7. The number of nitro benzene ring substituents is 1. The van der Waals surface area contributed by atoms with Crippen molar-refractivity contribution in [3.63, 3.8) is 0 Å². The quantitative estimate of drug-likeness (QED) is 0.399. The fourth-order valence-corrected chi connectivity index (χ4v) is 2.61. The molecule has 0 bridgehead atoms. The third kappa shape index (κ3) is 4.35. The number of non-ortho nitro benzene ring substituents is 1. The molecular formula is C14H17ClN2O8. The first-order valence-electron chi connectivity index (χ1n) is 7.24. The van der Waals surface area contributed by atoms with Gasteiger partial charge in [0, 0.05) is 19.1 Å². The SMILES string of the molecule is CC(=O)NC1C(Oc2ccc([N+](=O)[O-])cc2Cl)OC(CO)C(O)C1O. The smallest absolute Gasteiger partial charge is 0.271 e. The highest BCUT2D eigenvalue weighted by Crippen LogP contribution is 2.32. The second-order valence-corrected chi connectivity index (χ2v) is 5.83. The van der Waals surface area contributed by atoms with Crippen molar-refractivity contribution in [3.8, 4) is 5.75 Å². The minimum atomic E-state index is -1.48. The number of aliphatic hydroxyl groups is 3. The summed E-state index contributed by atoms with van der Waals surface area (Å²) < 4.78 is 10.9. The Morgan fingerprint density at radius 3 is 2.64 bits per heavy atom. The number of halogens is 1. The number of nitro groups is 1. The summed E-state index contributed by atoms with van der Waals surface area (Å²) in [7, 11) is 0. The molecule has 0 saturated carbocycles. The van der Waals surface area contributed by atoms with Gasteiger partial charge in [-0.05, 0) is 6.07 Å². The van der Waals surface area contributed by atoms with E-state index in [1.807, 2.05) is 0 Å². The number of rotatable bonds is 5. The Kier molecular flexibility index (Phi) is 6.14. The summed E-state index contributed by atoms with van der Waals surface area (Å²) in [6.07, 6.45) is -5.37. The van der Waals surface area contributed by atoms with Gasteiger partial charge in [0.25, 0.3) is 5.69 Å². The molecule has 10 nitrogen and oxygen atoms in total. The molecule has 2 rings (SSSR count). The molecule has 4 N–H and O–H groups in total. The highest BCUT2D eigenvalue weighted by molar-refractivity contribution is 6.32. The average Bonchev–Trinajstić information content (AvgIpc) is 2.55. The fraction of sp³-hybridized carbons (Fsp3) is 0.500. The van der Waals surface area contributed by atoms with Crippen molar-refractivity contribution in [1.82, 2.24) is 5.32 Å². The number of benzene rings is 1. The summed E-state index contributed by atoms with van der Waals surface area (Å²) in [6.45, 7) is 0.603. The number of ether oxygens (including phenoxy) is 2. The van der Waals surface area contributed by atoms with Gasteiger partial charge < -0.3 is 30.1 Å². The Hall–Kier alpha value is -1.98. The average molecular weight is 377 g/mol. The van der Waals surface area contributed by atoms with Gasteiger partial charge >= 0.3 is 0 Å². The number of aliphatic hydroxyl groups excluding tert-OH is 3. The molecule has 0 spiro atoms. The van der Waals surface area contributed by atoms with Crippen molar-refractivity contribution in [1.29, 1.82) is 0 Å². The van der Waals surface area contributed by atoms with Crippen molar-refractivity contribution in [2.45, 2.75) is 37.6 Å². The van der Waals surface area contributed by atoms with Gasteiger partial charge in [0.2, 0.25) is 12.2 Å². The number of amides is 1. The molecule has 1 fully saturated rings. The van der Waals surface area contributed by atoms with Crippen LogP contribution in [0.4, 0.5) is 5.69 Å². The molecule has 5 atom stereocenters. The Bertz CT molecular complexity index is 658. The standard InChI is InChI=1S/C14H17ClN2O8/c1-6(19)16-11-13(21)12(20)10(5-18)25-14(11)24-9-3-2-7(17(22)23)4-8(9)15/h2-4,10-14,18,20-21H,5H2,1H3,(H,16,19). The van der Waals surface area contributed by atoms with E-state index in [1.54, 1.807) is 0 Å². The van der Waals surface area contributed by atoms with Crippen LogP contribution in [0, 0.1) is 10.1 Å². The second-order valence-electron chi connectivity index (χ2n) is 5.42. The lowest BCUT2D eigenvalue weighted by atomic mass is 9.97. The van der Waals surface area contributed by atoms with Crippen molar-refractivity contribution in [2.75, 3.05) is 6.61 Å². The molecule has 0 aliphatic carbocycles. The highest BCUT2D eigenvalue weighted by Gasteiger charge is 2.46. The van der Waals surface area contributed by atoms with E-state index < -0.39 is 48.1 Å². The van der Waals surface area contributed by atoms with Crippen molar-refractivity contribution in [2.24, 2.45) is 0 Å². The Balaban J connectivity index is 2.26. The molecule has 0 aromatic heterocycles. The number of nitrogens with one attached hydrogen (secondary N) is 1. The Morgan fingerprint density at radius 2 is 2.12 bits per heavy atom. The minimum Gasteiger partial charge on any atom is -0.461 e. The van der Waals surface area contributed by atoms with Crippen LogP contribution in [0.5, 0.6) is 5.75 Å². The van der Waals surface area contributed by atoms with Gasteiger partial charge in [-0.25, -0.2) is 0 Å². The van der Waals surface area contributed by atoms with Crippen LogP contribution in [0.3, 0.4) is 0 Å². The zero-order valence-corrected chi connectivity index (χ0v) is 13.8. The summed E-state index contributed by atoms with van der Waals surface area (Å²) in [5.41, 5.74) is -0.246. The maximum atomic E-state index is 11.3. The molecule has 1 aromatic rings. The van der Waals surface area contributed by atoms with Crippen LogP contribution in [0.15, 0.2) is 18.2 Å². The Labute approximate surface area is 147 Å². The summed E-state index contributed by atoms with van der Waals surface area (Å²) in [5.74, 6) is -0.501. The van der Waals surface area contributed by atoms with E-state index in [1.165, 1.54) is 13.0 Å². The van der Waals surface area contributed by atoms with Gasteiger partial charge in [-0.15, -0.1) is 0 Å². The Morgan fingerprint density at radius 1 is 1.44 bits per heavy atom. The number of carbonyl (C=O) groups excluding carboxylic acids is 1. The topological polar surface area (TPSA) is 151 Å². The lowest BCUT2D eigenvalue weighted by Gasteiger charge is -2.42. The molecule has 1 amide bonds. The van der Waals surface area contributed by atoms with E-state index in [0.717, 1.165) is 12.1 Å². The van der Waals surface area contributed by atoms with Crippen LogP contribution in [-0.4, -0.2) is 63.4 Å². The van der Waals surface area contributed by atoms with E-state index in [4.69, 9.17) is 21.1 Å². The van der Waals surface area contributed by atoms with E-state index in [0.29, 0.717) is 0 Å². The van der Waals surface area contributed by atoms with Crippen LogP contribution >= 0.6 is 11.6 Å². The zero-order valence-electron chi connectivity index (χ0n) is 13.0. The number of hydrogen-bond donors (Lipinski definition) is 4. The van der Waals surface area contributed by atoms with Crippen LogP contribution in [0.25, 0.3) is 0 Å². The molecule has 1 aromatic carbocycles. The van der Waals surface area contributed by atoms with E-state index in [-0.39, 0.29) is 16.5 Å². The van der Waals surface area contributed by atoms with E-state index in [2.05, 4.69) is 5.32 Å². The number of nitrogens with zero attached hydrogens (tertiary/aromatic N) is 1. The number of carbonyl (C=O) groups is 1. The van der Waals surface area contributed by atoms with Crippen molar-refractivity contribution < 1.29 is 34.5 Å². The van der Waals surface area contributed by atoms with Crippen molar-refractivity contribution >= 4 is 23.2 Å². The largest absolute Gasteiger partial charge is 0.461 e. The molecule has 1 aliphatic heterocycles. The molecule has 1 aliphatic rings. The van der Waals surface area contributed by atoms with Gasteiger partial charge in [-0.1, -0.05) is 11.6 Å². The molecule has 0 radical (unpaired) electrons. The summed E-state index contributed by atoms with van der Waals surface area (Å²) in [6, 6.07) is 2.32. The first-order valence-corrected chi connectivity index (χ1v) is 7.62. The normalized spacial score (nSPS) is 29.1. The predicted molar refractivity (Wildman–Crippen MR) is 84.1 cm³/mol. The van der Waals surface area contributed by atoms with Crippen molar-refractivity contribution in [3.05, 3.63) is 33.3 Å². The summed E-state index contributed by atoms with van der Waals surface area (Å²) >= 11 is 5.95. The third-order valence-corrected chi connectivity index (χ3v) is 3.92. The molecular weight excluding hydrogens is 360 g/mol. The zero-order chi connectivity index (χ0) is 18.7. The fourth-order valence-electron chi connectivity index (χ4n) is 2.40. The van der Waals surface area contributed by atoms with E-state index in [9.17, 15) is 30.2 Å². The lowest BCUT2D eigenvalue weighted by molar-refractivity contribution is -0.384. The molecule has 11 heteroatoms. The van der Waals surface area contributed by atoms with Crippen LogP contribution in [-0.2, 0) is 9.53 Å². The highest BCUT2D eigenvalue weighted by atomic mass is 35.5. The van der Waals surface area contributed by atoms with Gasteiger partial charge in [-0.3, -0.25) is 14.9 Å². The minimum absolute atomic E-state index is 0.00731. The summed E-state index contributed by atoms with van der Waals surface area (Å²) in [4.78, 5) is 21.4. The van der Waals surface area contributed by atoms with Gasteiger partial charge in [-0.2, -0.15) is 0 Å². The van der Waals surface area contributed by atoms with Gasteiger partial charge in [0.05, 0.1) is 16.6 Å². The van der Waals surface area contributed by atoms with E-state index >= 15 is 0 Å². The monoisotopic (exact) mass is 376 g/mol. The van der Waals surface area contributed by atoms with Crippen LogP contribution in [0.2, 0.25) is 5.02 Å². The predicted octanol–water partition coefficient (Wildman–Crippen LogP) is -0.429. The lowest BCUT2D eigenvalue weighted by Crippen LogP contribution is -2.65. The van der Waals surface area contributed by atoms with Gasteiger partial charge in [0.1, 0.15) is 30.1 Å². The molecule has 1 saturated heterocycles. The van der Waals surface area contributed by atoms with Gasteiger partial charge in [0.15, 0.2) is 0 Å². The summed E-state index contributed by atoms with van der Waals surface area (Å²) in [5, 5.41) is 42.4. The van der Waals surface area contributed by atoms with Crippen LogP contribution in [0.1, 0.15) is 6.92 Å². The first kappa shape index (κ1) is 19.3. The third-order valence-electron chi connectivity index (χ3n) is 3.62. The molecule has 5 unspecified atom stereocenters. The number of hydrogen-bond acceptors (Lipinski definition) is 8. The maximum absolute atomic E-state index is 11.3. The molecule has 138 valence electrons.